The predicted octanol–water partition coefficient (Wildman–Crippen LogP) is 3.84. The van der Waals surface area contributed by atoms with Crippen LogP contribution >= 0.6 is 0 Å². The number of benzene rings is 3. The van der Waals surface area contributed by atoms with Gasteiger partial charge in [0.25, 0.3) is 0 Å². The van der Waals surface area contributed by atoms with Gasteiger partial charge in [-0.15, -0.1) is 0 Å². The van der Waals surface area contributed by atoms with Crippen LogP contribution in [0.25, 0.3) is 10.8 Å². The summed E-state index contributed by atoms with van der Waals surface area (Å²) in [5.74, 6) is -0.202. The third-order valence-corrected chi connectivity index (χ3v) is 3.92. The van der Waals surface area contributed by atoms with Crippen molar-refractivity contribution < 1.29 is 19.4 Å². The van der Waals surface area contributed by atoms with Crippen LogP contribution in [0.5, 0.6) is 11.5 Å². The van der Waals surface area contributed by atoms with Gasteiger partial charge in [0.05, 0.1) is 6.61 Å². The number of phenols is 1. The zero-order valence-corrected chi connectivity index (χ0v) is 12.2. The molecule has 0 bridgehead atoms. The predicted molar refractivity (Wildman–Crippen MR) is 85.7 cm³/mol. The molecule has 0 spiro atoms. The molecule has 0 amide bonds. The molecule has 1 saturated heterocycles. The van der Waals surface area contributed by atoms with Crippen molar-refractivity contribution in [1.82, 2.24) is 0 Å². The van der Waals surface area contributed by atoms with Gasteiger partial charge < -0.3 is 14.6 Å². The summed E-state index contributed by atoms with van der Waals surface area (Å²) in [4.78, 5) is 12.3. The molecule has 1 fully saturated rings. The van der Waals surface area contributed by atoms with Gasteiger partial charge in [0.15, 0.2) is 0 Å². The largest absolute Gasteiger partial charge is 0.506 e. The van der Waals surface area contributed by atoms with Gasteiger partial charge in [0.1, 0.15) is 23.2 Å². The molecule has 0 aliphatic carbocycles. The first-order valence-corrected chi connectivity index (χ1v) is 7.37. The summed E-state index contributed by atoms with van der Waals surface area (Å²) in [6, 6.07) is 17.9. The molecule has 4 rings (SSSR count). The van der Waals surface area contributed by atoms with Crippen molar-refractivity contribution in [2.75, 3.05) is 6.61 Å². The lowest BCUT2D eigenvalue weighted by Crippen LogP contribution is -2.08. The minimum atomic E-state index is -0.580. The quantitative estimate of drug-likeness (QED) is 0.454. The van der Waals surface area contributed by atoms with Gasteiger partial charge in [-0.2, -0.15) is 0 Å². The highest BCUT2D eigenvalue weighted by Crippen LogP contribution is 2.32. The Hall–Kier alpha value is -2.85. The van der Waals surface area contributed by atoms with Gasteiger partial charge in [-0.05, 0) is 29.1 Å². The van der Waals surface area contributed by atoms with Crippen LogP contribution in [0.2, 0.25) is 0 Å². The summed E-state index contributed by atoms with van der Waals surface area (Å²) in [6.07, 6.45) is 0.171. The van der Waals surface area contributed by atoms with Gasteiger partial charge in [-0.1, -0.05) is 42.5 Å². The average molecular weight is 306 g/mol. The monoisotopic (exact) mass is 306 g/mol. The van der Waals surface area contributed by atoms with E-state index in [-0.39, 0.29) is 17.4 Å². The topological polar surface area (TPSA) is 59.1 Å². The Kier molecular flexibility index (Phi) is 3.24. The van der Waals surface area contributed by atoms with Crippen LogP contribution in [0.3, 0.4) is 0 Å². The molecule has 114 valence electrons. The van der Waals surface area contributed by atoms with Crippen molar-refractivity contribution in [3.05, 3.63) is 71.8 Å². The Labute approximate surface area is 132 Å². The molecule has 1 N–H and O–H groups in total. The van der Waals surface area contributed by atoms with Crippen LogP contribution in [0.4, 0.5) is 0 Å². The molecular weight excluding hydrogens is 292 g/mol. The number of ether oxygens (including phenoxy) is 2. The second-order valence-electron chi connectivity index (χ2n) is 5.46. The van der Waals surface area contributed by atoms with E-state index < -0.39 is 5.97 Å². The van der Waals surface area contributed by atoms with E-state index in [1.807, 2.05) is 30.3 Å². The summed E-state index contributed by atoms with van der Waals surface area (Å²) in [5.41, 5.74) is 1.22. The number of hydrogen-bond acceptors (Lipinski definition) is 4. The fraction of sp³-hybridized carbons (Fsp3) is 0.105. The molecule has 4 heteroatoms. The minimum absolute atomic E-state index is 0.0592. The minimum Gasteiger partial charge on any atom is -0.506 e. The molecule has 1 unspecified atom stereocenters. The van der Waals surface area contributed by atoms with Gasteiger partial charge >= 0.3 is 5.97 Å². The second-order valence-corrected chi connectivity index (χ2v) is 5.46. The fourth-order valence-electron chi connectivity index (χ4n) is 2.57. The molecule has 23 heavy (non-hydrogen) atoms. The van der Waals surface area contributed by atoms with Crippen molar-refractivity contribution >= 4 is 16.7 Å². The van der Waals surface area contributed by atoms with Crippen LogP contribution in [0.15, 0.2) is 60.7 Å². The molecule has 0 saturated carbocycles. The molecule has 3 aromatic rings. The third-order valence-electron chi connectivity index (χ3n) is 3.92. The van der Waals surface area contributed by atoms with Crippen molar-refractivity contribution in [2.45, 2.75) is 6.10 Å². The Balaban J connectivity index is 1.60. The van der Waals surface area contributed by atoms with Gasteiger partial charge in [0, 0.05) is 5.39 Å². The number of hydrogen-bond donors (Lipinski definition) is 1. The van der Waals surface area contributed by atoms with Crippen LogP contribution in [-0.2, 0) is 4.74 Å². The molecule has 1 aliphatic heterocycles. The maximum atomic E-state index is 12.3. The van der Waals surface area contributed by atoms with Crippen LogP contribution in [0.1, 0.15) is 22.0 Å². The molecule has 1 aliphatic rings. The number of esters is 1. The molecule has 0 aromatic heterocycles. The smallest absolute Gasteiger partial charge is 0.347 e. The molecule has 0 radical (unpaired) electrons. The first kappa shape index (κ1) is 13.8. The SMILES string of the molecule is O=C(Oc1ccc(C2CO2)cc1)c1ccc2ccccc2c1O. The van der Waals surface area contributed by atoms with E-state index in [9.17, 15) is 9.90 Å². The van der Waals surface area contributed by atoms with Gasteiger partial charge in [0.2, 0.25) is 0 Å². The van der Waals surface area contributed by atoms with E-state index in [2.05, 4.69) is 0 Å². The summed E-state index contributed by atoms with van der Waals surface area (Å²) < 4.78 is 10.5. The molecular formula is C19H14O4. The number of epoxide rings is 1. The van der Waals surface area contributed by atoms with E-state index in [0.29, 0.717) is 11.1 Å². The Morgan fingerprint density at radius 1 is 1.04 bits per heavy atom. The summed E-state index contributed by atoms with van der Waals surface area (Å²) >= 11 is 0. The lowest BCUT2D eigenvalue weighted by molar-refractivity contribution is 0.0732. The van der Waals surface area contributed by atoms with Crippen LogP contribution < -0.4 is 4.74 Å². The van der Waals surface area contributed by atoms with Crippen molar-refractivity contribution in [1.29, 1.82) is 0 Å². The Morgan fingerprint density at radius 2 is 1.78 bits per heavy atom. The summed E-state index contributed by atoms with van der Waals surface area (Å²) in [7, 11) is 0. The average Bonchev–Trinajstić information content (AvgIpc) is 3.41. The summed E-state index contributed by atoms with van der Waals surface area (Å²) in [6.45, 7) is 0.740. The van der Waals surface area contributed by atoms with Crippen molar-refractivity contribution in [3.8, 4) is 11.5 Å². The van der Waals surface area contributed by atoms with E-state index in [1.54, 1.807) is 30.3 Å². The van der Waals surface area contributed by atoms with E-state index in [4.69, 9.17) is 9.47 Å². The molecule has 1 heterocycles. The maximum absolute atomic E-state index is 12.3. The zero-order valence-electron chi connectivity index (χ0n) is 12.2. The second kappa shape index (κ2) is 5.41. The van der Waals surface area contributed by atoms with Crippen molar-refractivity contribution in [3.63, 3.8) is 0 Å². The lowest BCUT2D eigenvalue weighted by atomic mass is 10.1. The van der Waals surface area contributed by atoms with Crippen LogP contribution in [-0.4, -0.2) is 17.7 Å². The number of carbonyl (C=O) groups excluding carboxylic acids is 1. The number of aromatic hydroxyl groups is 1. The van der Waals surface area contributed by atoms with E-state index in [1.165, 1.54) is 0 Å². The van der Waals surface area contributed by atoms with E-state index in [0.717, 1.165) is 17.6 Å². The van der Waals surface area contributed by atoms with E-state index >= 15 is 0 Å². The highest BCUT2D eigenvalue weighted by atomic mass is 16.6. The van der Waals surface area contributed by atoms with Gasteiger partial charge in [-0.3, -0.25) is 0 Å². The Bertz CT molecular complexity index is 880. The van der Waals surface area contributed by atoms with Crippen LogP contribution in [0, 0.1) is 0 Å². The highest BCUT2D eigenvalue weighted by molar-refractivity contribution is 6.01. The lowest BCUT2D eigenvalue weighted by Gasteiger charge is -2.08. The fourth-order valence-corrected chi connectivity index (χ4v) is 2.57. The van der Waals surface area contributed by atoms with Crippen molar-refractivity contribution in [2.24, 2.45) is 0 Å². The first-order chi connectivity index (χ1) is 11.2. The third kappa shape index (κ3) is 2.64. The number of phenolic OH excluding ortho intramolecular Hbond substituents is 1. The number of rotatable bonds is 3. The Morgan fingerprint density at radius 3 is 2.52 bits per heavy atom. The molecule has 4 nitrogen and oxygen atoms in total. The maximum Gasteiger partial charge on any atom is 0.347 e. The zero-order chi connectivity index (χ0) is 15.8. The summed E-state index contributed by atoms with van der Waals surface area (Å²) in [5, 5.41) is 11.8. The number of fused-ring (bicyclic) bond motifs is 1. The highest BCUT2D eigenvalue weighted by Gasteiger charge is 2.24. The molecule has 3 aromatic carbocycles. The standard InChI is InChI=1S/C19H14O4/c20-18-15-4-2-1-3-12(15)7-10-16(18)19(21)23-14-8-5-13(6-9-14)17-11-22-17/h1-10,17,20H,11H2. The molecule has 1 atom stereocenters. The first-order valence-electron chi connectivity index (χ1n) is 7.37. The number of carbonyl (C=O) groups is 1. The normalized spacial score (nSPS) is 16.3. The van der Waals surface area contributed by atoms with Gasteiger partial charge in [-0.25, -0.2) is 4.79 Å².